The molecular weight excluding hydrogens is 352 g/mol. The van der Waals surface area contributed by atoms with Crippen LogP contribution in [0.3, 0.4) is 0 Å². The van der Waals surface area contributed by atoms with E-state index in [1.165, 1.54) is 0 Å². The maximum absolute atomic E-state index is 12.7. The minimum atomic E-state index is -0.438. The largest absolute Gasteiger partial charge is 0.377 e. The lowest BCUT2D eigenvalue weighted by molar-refractivity contribution is 0.115. The molecule has 1 aromatic heterocycles. The van der Waals surface area contributed by atoms with Gasteiger partial charge in [0.15, 0.2) is 0 Å². The fourth-order valence-corrected chi connectivity index (χ4v) is 4.07. The molecule has 0 radical (unpaired) electrons. The molecule has 1 aliphatic heterocycles. The normalized spacial score (nSPS) is 15.1. The van der Waals surface area contributed by atoms with E-state index in [1.807, 2.05) is 42.5 Å². The zero-order chi connectivity index (χ0) is 19.7. The number of rotatable bonds is 6. The van der Waals surface area contributed by atoms with Crippen LogP contribution in [0.25, 0.3) is 11.0 Å². The van der Waals surface area contributed by atoms with Gasteiger partial charge < -0.3 is 13.9 Å². The molecule has 0 N–H and O–H groups in total. The van der Waals surface area contributed by atoms with Crippen LogP contribution < -0.4 is 11.1 Å². The van der Waals surface area contributed by atoms with Crippen molar-refractivity contribution in [3.05, 3.63) is 80.4 Å². The highest BCUT2D eigenvalue weighted by molar-refractivity contribution is 5.80. The van der Waals surface area contributed by atoms with Gasteiger partial charge in [-0.15, -0.1) is 0 Å². The fourth-order valence-electron chi connectivity index (χ4n) is 4.07. The summed E-state index contributed by atoms with van der Waals surface area (Å²) in [5, 5.41) is 0. The Labute approximate surface area is 164 Å². The summed E-state index contributed by atoms with van der Waals surface area (Å²) in [4.78, 5) is 25.4. The Bertz CT molecular complexity index is 1110. The second-order valence-electron chi connectivity index (χ2n) is 8.11. The van der Waals surface area contributed by atoms with Crippen molar-refractivity contribution in [3.63, 3.8) is 0 Å². The predicted molar refractivity (Wildman–Crippen MR) is 111 cm³/mol. The molecule has 0 aliphatic carbocycles. The van der Waals surface area contributed by atoms with Gasteiger partial charge in [0.2, 0.25) is 0 Å². The van der Waals surface area contributed by atoms with Crippen LogP contribution in [0.2, 0.25) is 0 Å². The van der Waals surface area contributed by atoms with Crippen molar-refractivity contribution in [1.82, 2.24) is 9.13 Å². The van der Waals surface area contributed by atoms with Crippen LogP contribution in [0, 0.1) is 0 Å². The summed E-state index contributed by atoms with van der Waals surface area (Å²) in [5.74, 6) is 0. The fraction of sp³-hybridized carbons (Fsp3) is 0.391. The lowest BCUT2D eigenvalue weighted by Gasteiger charge is -2.33. The van der Waals surface area contributed by atoms with Crippen molar-refractivity contribution in [3.8, 4) is 0 Å². The van der Waals surface area contributed by atoms with Crippen LogP contribution in [0.15, 0.2) is 58.1 Å². The first-order chi connectivity index (χ1) is 13.5. The van der Waals surface area contributed by atoms with E-state index in [4.69, 9.17) is 4.74 Å². The average molecular weight is 378 g/mol. The van der Waals surface area contributed by atoms with E-state index < -0.39 is 11.1 Å². The molecule has 28 heavy (non-hydrogen) atoms. The Balaban J connectivity index is 1.58. The van der Waals surface area contributed by atoms with E-state index in [1.54, 1.807) is 9.13 Å². The molecule has 146 valence electrons. The highest BCUT2D eigenvalue weighted by Crippen LogP contribution is 2.36. The Morgan fingerprint density at radius 1 is 1.00 bits per heavy atom. The van der Waals surface area contributed by atoms with E-state index in [0.717, 1.165) is 28.6 Å². The molecule has 5 nitrogen and oxygen atoms in total. The van der Waals surface area contributed by atoms with Gasteiger partial charge in [-0.05, 0) is 35.4 Å². The van der Waals surface area contributed by atoms with Gasteiger partial charge in [0, 0.05) is 19.7 Å². The number of benzene rings is 2. The van der Waals surface area contributed by atoms with Crippen molar-refractivity contribution >= 4 is 11.0 Å². The number of hydrogen-bond donors (Lipinski definition) is 0. The second-order valence-corrected chi connectivity index (χ2v) is 8.11. The number of ether oxygens (including phenoxy) is 1. The molecule has 0 fully saturated rings. The van der Waals surface area contributed by atoms with Gasteiger partial charge >= 0.3 is 11.1 Å². The summed E-state index contributed by atoms with van der Waals surface area (Å²) in [6.07, 6.45) is 1.54. The molecule has 0 amide bonds. The highest BCUT2D eigenvalue weighted by Gasteiger charge is 2.30. The molecule has 0 unspecified atom stereocenters. The summed E-state index contributed by atoms with van der Waals surface area (Å²) in [7, 11) is 0. The van der Waals surface area contributed by atoms with Gasteiger partial charge in [0.05, 0.1) is 17.6 Å². The quantitative estimate of drug-likeness (QED) is 0.488. The SMILES string of the molecule is CC1(C)CCn2c(=O)c(=O)n(CCCOCc3ccccc3)c3cccc1c32. The maximum Gasteiger partial charge on any atom is 0.316 e. The van der Waals surface area contributed by atoms with Gasteiger partial charge in [-0.2, -0.15) is 0 Å². The number of aromatic nitrogens is 2. The molecule has 0 spiro atoms. The maximum atomic E-state index is 12.7. The van der Waals surface area contributed by atoms with Crippen LogP contribution in [0.4, 0.5) is 0 Å². The molecule has 2 aromatic carbocycles. The zero-order valence-electron chi connectivity index (χ0n) is 16.5. The number of hydrogen-bond acceptors (Lipinski definition) is 3. The molecule has 2 heterocycles. The minimum absolute atomic E-state index is 0.00697. The third-order valence-corrected chi connectivity index (χ3v) is 5.72. The zero-order valence-corrected chi connectivity index (χ0v) is 16.5. The lowest BCUT2D eigenvalue weighted by atomic mass is 9.78. The van der Waals surface area contributed by atoms with Gasteiger partial charge in [-0.3, -0.25) is 9.59 Å². The Morgan fingerprint density at radius 2 is 1.79 bits per heavy atom. The second kappa shape index (κ2) is 7.40. The first-order valence-electron chi connectivity index (χ1n) is 9.87. The van der Waals surface area contributed by atoms with E-state index in [0.29, 0.717) is 32.7 Å². The monoisotopic (exact) mass is 378 g/mol. The van der Waals surface area contributed by atoms with E-state index in [9.17, 15) is 9.59 Å². The standard InChI is InChI=1S/C23H26N2O3/c1-23(2)12-14-25-20-18(23)10-6-11-19(20)24(21(26)22(25)27)13-7-15-28-16-17-8-4-3-5-9-17/h3-6,8-11H,7,12-16H2,1-2H3. The number of nitrogens with zero attached hydrogens (tertiary/aromatic N) is 2. The van der Waals surface area contributed by atoms with Crippen molar-refractivity contribution in [2.75, 3.05) is 6.61 Å². The van der Waals surface area contributed by atoms with Gasteiger partial charge in [-0.25, -0.2) is 0 Å². The lowest BCUT2D eigenvalue weighted by Crippen LogP contribution is -2.44. The van der Waals surface area contributed by atoms with Crippen LogP contribution in [-0.4, -0.2) is 15.7 Å². The molecule has 0 bridgehead atoms. The molecule has 0 atom stereocenters. The first kappa shape index (κ1) is 18.7. The van der Waals surface area contributed by atoms with E-state index in [-0.39, 0.29) is 5.41 Å². The Hall–Kier alpha value is -2.66. The van der Waals surface area contributed by atoms with Crippen molar-refractivity contribution in [2.45, 2.75) is 51.8 Å². The Kier molecular flexibility index (Phi) is 4.94. The summed E-state index contributed by atoms with van der Waals surface area (Å²) in [5.41, 5.74) is 3.16. The molecule has 4 rings (SSSR count). The molecule has 0 saturated heterocycles. The van der Waals surface area contributed by atoms with Crippen LogP contribution >= 0.6 is 0 Å². The summed E-state index contributed by atoms with van der Waals surface area (Å²) >= 11 is 0. The van der Waals surface area contributed by atoms with Crippen LogP contribution in [-0.2, 0) is 29.8 Å². The van der Waals surface area contributed by atoms with Crippen LogP contribution in [0.5, 0.6) is 0 Å². The topological polar surface area (TPSA) is 53.2 Å². The van der Waals surface area contributed by atoms with Crippen LogP contribution in [0.1, 0.15) is 37.8 Å². The Morgan fingerprint density at radius 3 is 2.57 bits per heavy atom. The molecular formula is C23H26N2O3. The van der Waals surface area contributed by atoms with E-state index in [2.05, 4.69) is 19.9 Å². The van der Waals surface area contributed by atoms with E-state index >= 15 is 0 Å². The third kappa shape index (κ3) is 3.31. The first-order valence-corrected chi connectivity index (χ1v) is 9.87. The smallest absolute Gasteiger partial charge is 0.316 e. The van der Waals surface area contributed by atoms with Crippen molar-refractivity contribution in [1.29, 1.82) is 0 Å². The van der Waals surface area contributed by atoms with Crippen molar-refractivity contribution < 1.29 is 4.74 Å². The molecule has 1 aliphatic rings. The summed E-state index contributed by atoms with van der Waals surface area (Å²) in [6, 6.07) is 16.0. The van der Waals surface area contributed by atoms with Gasteiger partial charge in [-0.1, -0.05) is 56.3 Å². The minimum Gasteiger partial charge on any atom is -0.377 e. The predicted octanol–water partition coefficient (Wildman–Crippen LogP) is 3.45. The third-order valence-electron chi connectivity index (χ3n) is 5.72. The number of para-hydroxylation sites is 1. The highest BCUT2D eigenvalue weighted by atomic mass is 16.5. The van der Waals surface area contributed by atoms with Gasteiger partial charge in [0.25, 0.3) is 0 Å². The summed E-state index contributed by atoms with van der Waals surface area (Å²) in [6.45, 7) is 6.55. The number of aryl methyl sites for hydroxylation is 2. The molecule has 0 saturated carbocycles. The van der Waals surface area contributed by atoms with Gasteiger partial charge in [0.1, 0.15) is 0 Å². The molecule has 3 aromatic rings. The molecule has 5 heteroatoms. The summed E-state index contributed by atoms with van der Waals surface area (Å²) < 4.78 is 9.03. The average Bonchev–Trinajstić information content (AvgIpc) is 2.70. The van der Waals surface area contributed by atoms with Crippen molar-refractivity contribution in [2.24, 2.45) is 0 Å².